The molecule has 3 atom stereocenters. The Balaban J connectivity index is 1.41. The lowest BCUT2D eigenvalue weighted by Crippen LogP contribution is -2.47. The van der Waals surface area contributed by atoms with Gasteiger partial charge in [-0.2, -0.15) is 0 Å². The third kappa shape index (κ3) is 2.90. The van der Waals surface area contributed by atoms with Crippen LogP contribution < -0.4 is 5.32 Å². The van der Waals surface area contributed by atoms with Crippen molar-refractivity contribution in [3.05, 3.63) is 34.9 Å². The number of carbonyl (C=O) groups is 1. The zero-order valence-corrected chi connectivity index (χ0v) is 13.6. The van der Waals surface area contributed by atoms with E-state index in [0.29, 0.717) is 0 Å². The molecular formula is C19H26N2O2. The Hall–Kier alpha value is -1.39. The molecule has 0 radical (unpaired) electrons. The largest absolute Gasteiger partial charge is 0.389 e. The molecule has 4 nitrogen and oxygen atoms in total. The smallest absolute Gasteiger partial charge is 0.251 e. The Morgan fingerprint density at radius 1 is 1.09 bits per heavy atom. The van der Waals surface area contributed by atoms with E-state index in [4.69, 9.17) is 0 Å². The molecule has 1 amide bonds. The Kier molecular flexibility index (Phi) is 4.12. The van der Waals surface area contributed by atoms with Crippen molar-refractivity contribution >= 4 is 5.91 Å². The van der Waals surface area contributed by atoms with Crippen molar-refractivity contribution in [2.24, 2.45) is 0 Å². The van der Waals surface area contributed by atoms with E-state index >= 15 is 0 Å². The topological polar surface area (TPSA) is 52.6 Å². The van der Waals surface area contributed by atoms with Crippen LogP contribution in [0.4, 0.5) is 0 Å². The minimum Gasteiger partial charge on any atom is -0.389 e. The molecule has 1 aromatic rings. The molecule has 0 spiro atoms. The standard InChI is InChI=1S/C19H26N2O2/c22-18-16(8-9-17(18)21-10-1-2-11-21)20-19(23)15-7-6-13-4-3-5-14(13)12-15/h6-7,12,16-18,22H,1-5,8-11H2,(H,20,23)/t16-,17-,18-/m1/s1. The van der Waals surface area contributed by atoms with E-state index in [1.807, 2.05) is 12.1 Å². The van der Waals surface area contributed by atoms with Crippen molar-refractivity contribution in [2.75, 3.05) is 13.1 Å². The van der Waals surface area contributed by atoms with E-state index in [-0.39, 0.29) is 18.0 Å². The van der Waals surface area contributed by atoms with Gasteiger partial charge in [-0.05, 0) is 81.3 Å². The number of hydrogen-bond donors (Lipinski definition) is 2. The van der Waals surface area contributed by atoms with Gasteiger partial charge in [0.15, 0.2) is 0 Å². The average molecular weight is 314 g/mol. The lowest BCUT2D eigenvalue weighted by atomic mass is 10.1. The van der Waals surface area contributed by atoms with Crippen molar-refractivity contribution < 1.29 is 9.90 Å². The molecule has 1 heterocycles. The molecule has 1 aromatic carbocycles. The average Bonchev–Trinajstić information content (AvgIpc) is 3.28. The van der Waals surface area contributed by atoms with E-state index in [2.05, 4.69) is 16.3 Å². The molecule has 2 N–H and O–H groups in total. The monoisotopic (exact) mass is 314 g/mol. The van der Waals surface area contributed by atoms with E-state index in [1.54, 1.807) is 0 Å². The lowest BCUT2D eigenvalue weighted by Gasteiger charge is -2.28. The number of nitrogens with one attached hydrogen (secondary N) is 1. The van der Waals surface area contributed by atoms with Crippen LogP contribution in [0, 0.1) is 0 Å². The summed E-state index contributed by atoms with van der Waals surface area (Å²) in [6.07, 6.45) is 7.29. The maximum absolute atomic E-state index is 12.5. The van der Waals surface area contributed by atoms with Crippen LogP contribution in [0.1, 0.15) is 53.6 Å². The Bertz CT molecular complexity index is 595. The number of amides is 1. The number of hydrogen-bond acceptors (Lipinski definition) is 3. The van der Waals surface area contributed by atoms with Gasteiger partial charge in [0.05, 0.1) is 12.1 Å². The molecule has 4 heteroatoms. The maximum Gasteiger partial charge on any atom is 0.251 e. The number of aryl methyl sites for hydroxylation is 2. The van der Waals surface area contributed by atoms with E-state index < -0.39 is 6.10 Å². The van der Waals surface area contributed by atoms with Gasteiger partial charge in [0, 0.05) is 11.6 Å². The van der Waals surface area contributed by atoms with Crippen LogP contribution in [0.5, 0.6) is 0 Å². The molecule has 1 aliphatic heterocycles. The molecule has 2 fully saturated rings. The predicted octanol–water partition coefficient (Wildman–Crippen LogP) is 1.89. The molecule has 1 saturated carbocycles. The summed E-state index contributed by atoms with van der Waals surface area (Å²) in [7, 11) is 0. The van der Waals surface area contributed by atoms with Crippen molar-refractivity contribution in [2.45, 2.75) is 63.1 Å². The minimum absolute atomic E-state index is 0.0363. The van der Waals surface area contributed by atoms with Crippen LogP contribution in [0.15, 0.2) is 18.2 Å². The SMILES string of the molecule is O=C(N[C@@H]1CC[C@@H](N2CCCC2)[C@@H]1O)c1ccc2c(c1)CCC2. The summed E-state index contributed by atoms with van der Waals surface area (Å²) >= 11 is 0. The molecule has 124 valence electrons. The third-order valence-corrected chi connectivity index (χ3v) is 5.87. The molecule has 0 unspecified atom stereocenters. The van der Waals surface area contributed by atoms with Crippen LogP contribution in [0.3, 0.4) is 0 Å². The number of carbonyl (C=O) groups excluding carboxylic acids is 1. The van der Waals surface area contributed by atoms with Gasteiger partial charge in [-0.25, -0.2) is 0 Å². The summed E-state index contributed by atoms with van der Waals surface area (Å²) < 4.78 is 0. The first-order valence-electron chi connectivity index (χ1n) is 9.07. The van der Waals surface area contributed by atoms with Crippen molar-refractivity contribution in [1.82, 2.24) is 10.2 Å². The maximum atomic E-state index is 12.5. The van der Waals surface area contributed by atoms with Gasteiger partial charge in [0.25, 0.3) is 5.91 Å². The minimum atomic E-state index is -0.438. The van der Waals surface area contributed by atoms with Crippen molar-refractivity contribution in [3.63, 3.8) is 0 Å². The van der Waals surface area contributed by atoms with Gasteiger partial charge >= 0.3 is 0 Å². The number of aliphatic hydroxyl groups is 1. The zero-order valence-electron chi connectivity index (χ0n) is 13.6. The Morgan fingerprint density at radius 3 is 2.70 bits per heavy atom. The van der Waals surface area contributed by atoms with Crippen LogP contribution >= 0.6 is 0 Å². The molecule has 0 aromatic heterocycles. The number of fused-ring (bicyclic) bond motifs is 1. The van der Waals surface area contributed by atoms with Gasteiger partial charge < -0.3 is 10.4 Å². The first-order valence-corrected chi connectivity index (χ1v) is 9.07. The van der Waals surface area contributed by atoms with Crippen molar-refractivity contribution in [3.8, 4) is 0 Å². The number of rotatable bonds is 3. The Labute approximate surface area is 137 Å². The Morgan fingerprint density at radius 2 is 1.87 bits per heavy atom. The second-order valence-corrected chi connectivity index (χ2v) is 7.30. The summed E-state index contributed by atoms with van der Waals surface area (Å²) in [6.45, 7) is 2.18. The zero-order chi connectivity index (χ0) is 15.8. The number of benzene rings is 1. The van der Waals surface area contributed by atoms with Crippen LogP contribution in [-0.4, -0.2) is 47.2 Å². The molecule has 23 heavy (non-hydrogen) atoms. The van der Waals surface area contributed by atoms with Gasteiger partial charge in [0.2, 0.25) is 0 Å². The van der Waals surface area contributed by atoms with Crippen molar-refractivity contribution in [1.29, 1.82) is 0 Å². The van der Waals surface area contributed by atoms with E-state index in [0.717, 1.165) is 44.3 Å². The van der Waals surface area contributed by atoms with Gasteiger partial charge in [0.1, 0.15) is 0 Å². The molecule has 2 aliphatic carbocycles. The highest BCUT2D eigenvalue weighted by molar-refractivity contribution is 5.94. The predicted molar refractivity (Wildman–Crippen MR) is 89.6 cm³/mol. The van der Waals surface area contributed by atoms with Crippen LogP contribution in [-0.2, 0) is 12.8 Å². The normalized spacial score (nSPS) is 30.6. The summed E-state index contributed by atoms with van der Waals surface area (Å²) in [6, 6.07) is 6.18. The molecule has 0 bridgehead atoms. The first-order chi connectivity index (χ1) is 11.2. The summed E-state index contributed by atoms with van der Waals surface area (Å²) in [4.78, 5) is 14.9. The number of aliphatic hydroxyl groups excluding tert-OH is 1. The first kappa shape index (κ1) is 15.2. The van der Waals surface area contributed by atoms with Crippen LogP contribution in [0.2, 0.25) is 0 Å². The fourth-order valence-corrected chi connectivity index (χ4v) is 4.55. The molecule has 1 saturated heterocycles. The molecule has 4 rings (SSSR count). The summed E-state index contributed by atoms with van der Waals surface area (Å²) in [5.74, 6) is -0.0363. The second-order valence-electron chi connectivity index (χ2n) is 7.30. The number of likely N-dealkylation sites (tertiary alicyclic amines) is 1. The fraction of sp³-hybridized carbons (Fsp3) is 0.632. The highest BCUT2D eigenvalue weighted by Gasteiger charge is 2.39. The number of nitrogens with zero attached hydrogens (tertiary/aromatic N) is 1. The van der Waals surface area contributed by atoms with E-state index in [9.17, 15) is 9.90 Å². The second kappa shape index (κ2) is 6.25. The summed E-state index contributed by atoms with van der Waals surface area (Å²) in [5.41, 5.74) is 3.44. The quantitative estimate of drug-likeness (QED) is 0.896. The molecule has 3 aliphatic rings. The highest BCUT2D eigenvalue weighted by Crippen LogP contribution is 2.28. The van der Waals surface area contributed by atoms with Gasteiger partial charge in [-0.3, -0.25) is 9.69 Å². The molecular weight excluding hydrogens is 288 g/mol. The summed E-state index contributed by atoms with van der Waals surface area (Å²) in [5, 5.41) is 13.7. The van der Waals surface area contributed by atoms with Gasteiger partial charge in [-0.1, -0.05) is 6.07 Å². The van der Waals surface area contributed by atoms with Gasteiger partial charge in [-0.15, -0.1) is 0 Å². The fourth-order valence-electron chi connectivity index (χ4n) is 4.55. The lowest BCUT2D eigenvalue weighted by molar-refractivity contribution is 0.0619. The van der Waals surface area contributed by atoms with Crippen LogP contribution in [0.25, 0.3) is 0 Å². The highest BCUT2D eigenvalue weighted by atomic mass is 16.3. The van der Waals surface area contributed by atoms with E-state index in [1.165, 1.54) is 30.4 Å². The third-order valence-electron chi connectivity index (χ3n) is 5.87.